The molecule has 0 amide bonds. The van der Waals surface area contributed by atoms with Gasteiger partial charge in [-0.3, -0.25) is 4.99 Å². The van der Waals surface area contributed by atoms with Crippen molar-refractivity contribution in [3.05, 3.63) is 34.9 Å². The van der Waals surface area contributed by atoms with Gasteiger partial charge < -0.3 is 0 Å². The third-order valence-electron chi connectivity index (χ3n) is 4.91. The average Bonchev–Trinajstić information content (AvgIpc) is 2.97. The lowest BCUT2D eigenvalue weighted by Crippen LogP contribution is -2.18. The molecule has 1 aromatic rings. The number of rotatable bonds is 2. The van der Waals surface area contributed by atoms with Crippen molar-refractivity contribution in [3.63, 3.8) is 0 Å². The lowest BCUT2D eigenvalue weighted by Gasteiger charge is -2.26. The van der Waals surface area contributed by atoms with Crippen LogP contribution in [0.25, 0.3) is 0 Å². The van der Waals surface area contributed by atoms with Crippen LogP contribution in [0.2, 0.25) is 0 Å². The van der Waals surface area contributed by atoms with Crippen molar-refractivity contribution in [2.45, 2.75) is 86.5 Å². The summed E-state index contributed by atoms with van der Waals surface area (Å²) in [7, 11) is 0. The highest BCUT2D eigenvalue weighted by Crippen LogP contribution is 2.32. The van der Waals surface area contributed by atoms with Gasteiger partial charge in [0, 0.05) is 12.3 Å². The second-order valence-corrected chi connectivity index (χ2v) is 9.29. The summed E-state index contributed by atoms with van der Waals surface area (Å²) in [6.07, 6.45) is 1.13. The van der Waals surface area contributed by atoms with Gasteiger partial charge in [0.2, 0.25) is 0 Å². The van der Waals surface area contributed by atoms with Crippen LogP contribution >= 0.6 is 0 Å². The van der Waals surface area contributed by atoms with Gasteiger partial charge in [0.15, 0.2) is 0 Å². The monoisotopic (exact) mass is 329 g/mol. The zero-order valence-electron chi connectivity index (χ0n) is 17.7. The zero-order valence-corrected chi connectivity index (χ0v) is 17.7. The summed E-state index contributed by atoms with van der Waals surface area (Å²) in [6.45, 7) is 23.4. The van der Waals surface area contributed by atoms with Gasteiger partial charge in [-0.05, 0) is 57.9 Å². The molecule has 0 N–H and O–H groups in total. The molecule has 0 aromatic heterocycles. The summed E-state index contributed by atoms with van der Waals surface area (Å²) in [5.74, 6) is 1.43. The Morgan fingerprint density at radius 2 is 1.33 bits per heavy atom. The van der Waals surface area contributed by atoms with Gasteiger partial charge in [0.05, 0.1) is 0 Å². The minimum absolute atomic E-state index is 0.173. The molecule has 1 aromatic carbocycles. The molecule has 1 nitrogen and oxygen atoms in total. The molecule has 1 aliphatic rings. The molecule has 24 heavy (non-hydrogen) atoms. The molecule has 0 bridgehead atoms. The van der Waals surface area contributed by atoms with Crippen LogP contribution in [0.15, 0.2) is 23.2 Å². The minimum Gasteiger partial charge on any atom is -0.289 e. The van der Waals surface area contributed by atoms with E-state index in [1.807, 2.05) is 13.8 Å². The molecular formula is C23H39N. The predicted molar refractivity (Wildman–Crippen MR) is 110 cm³/mol. The Hall–Kier alpha value is -1.11. The minimum atomic E-state index is 0.173. The molecule has 0 aliphatic carbocycles. The van der Waals surface area contributed by atoms with Crippen LogP contribution in [-0.4, -0.2) is 12.3 Å². The Bertz CT molecular complexity index is 532. The zero-order chi connectivity index (χ0) is 18.7. The van der Waals surface area contributed by atoms with E-state index in [1.165, 1.54) is 22.4 Å². The van der Waals surface area contributed by atoms with Crippen molar-refractivity contribution in [2.24, 2.45) is 16.8 Å². The van der Waals surface area contributed by atoms with Gasteiger partial charge in [0.1, 0.15) is 0 Å². The lowest BCUT2D eigenvalue weighted by atomic mass is 9.78. The van der Waals surface area contributed by atoms with E-state index in [2.05, 4.69) is 73.6 Å². The summed E-state index contributed by atoms with van der Waals surface area (Å²) in [5.41, 5.74) is 5.85. The molecule has 0 spiro atoms. The van der Waals surface area contributed by atoms with Crippen molar-refractivity contribution in [1.29, 1.82) is 0 Å². The Morgan fingerprint density at radius 3 is 1.67 bits per heavy atom. The first-order valence-electron chi connectivity index (χ1n) is 9.68. The van der Waals surface area contributed by atoms with Crippen LogP contribution in [0.5, 0.6) is 0 Å². The fraction of sp³-hybridized carbons (Fsp3) is 0.696. The Balaban J connectivity index is 0.00000139. The SMILES string of the molecule is CC.CC(C)C1CN=C(c2cc(C(C)(C)C)cc(C(C)(C)C)c2)C1. The number of hydrogen-bond acceptors (Lipinski definition) is 1. The summed E-state index contributed by atoms with van der Waals surface area (Å²) in [5, 5.41) is 0. The van der Waals surface area contributed by atoms with Gasteiger partial charge in [0.25, 0.3) is 0 Å². The third-order valence-corrected chi connectivity index (χ3v) is 4.91. The van der Waals surface area contributed by atoms with Crippen LogP contribution in [0.1, 0.15) is 92.3 Å². The van der Waals surface area contributed by atoms with Crippen LogP contribution in [0.3, 0.4) is 0 Å². The average molecular weight is 330 g/mol. The van der Waals surface area contributed by atoms with E-state index in [4.69, 9.17) is 4.99 Å². The number of nitrogens with zero attached hydrogens (tertiary/aromatic N) is 1. The molecule has 1 heteroatoms. The molecule has 1 atom stereocenters. The number of aliphatic imine (C=N–C) groups is 1. The van der Waals surface area contributed by atoms with Gasteiger partial charge in [-0.15, -0.1) is 0 Å². The maximum Gasteiger partial charge on any atom is 0.0427 e. The summed E-state index contributed by atoms with van der Waals surface area (Å²) in [6, 6.07) is 7.13. The molecule has 0 saturated heterocycles. The highest BCUT2D eigenvalue weighted by atomic mass is 14.8. The van der Waals surface area contributed by atoms with Gasteiger partial charge in [-0.25, -0.2) is 0 Å². The highest BCUT2D eigenvalue weighted by Gasteiger charge is 2.26. The van der Waals surface area contributed by atoms with Crippen molar-refractivity contribution in [3.8, 4) is 0 Å². The van der Waals surface area contributed by atoms with Gasteiger partial charge in [-0.2, -0.15) is 0 Å². The summed E-state index contributed by atoms with van der Waals surface area (Å²) in [4.78, 5) is 4.87. The molecule has 1 heterocycles. The van der Waals surface area contributed by atoms with Crippen molar-refractivity contribution >= 4 is 5.71 Å². The standard InChI is InChI=1S/C21H33N.C2H6/c1-14(2)16-11-19(22-13-16)15-9-17(20(3,4)5)12-18(10-15)21(6,7)8;1-2/h9-10,12,14,16H,11,13H2,1-8H3;1-2H3. The van der Waals surface area contributed by atoms with E-state index in [9.17, 15) is 0 Å². The Labute approximate surface area is 151 Å². The van der Waals surface area contributed by atoms with E-state index in [0.717, 1.165) is 13.0 Å². The van der Waals surface area contributed by atoms with E-state index >= 15 is 0 Å². The quantitative estimate of drug-likeness (QED) is 0.567. The first-order valence-corrected chi connectivity index (χ1v) is 9.68. The van der Waals surface area contributed by atoms with Crippen LogP contribution in [-0.2, 0) is 10.8 Å². The normalized spacial score (nSPS) is 18.3. The van der Waals surface area contributed by atoms with E-state index in [-0.39, 0.29) is 10.8 Å². The fourth-order valence-electron chi connectivity index (χ4n) is 2.92. The molecule has 2 rings (SSSR count). The number of benzene rings is 1. The molecule has 136 valence electrons. The van der Waals surface area contributed by atoms with Crippen molar-refractivity contribution in [2.75, 3.05) is 6.54 Å². The molecule has 0 fully saturated rings. The topological polar surface area (TPSA) is 12.4 Å². The Morgan fingerprint density at radius 1 is 0.875 bits per heavy atom. The summed E-state index contributed by atoms with van der Waals surface area (Å²) >= 11 is 0. The first-order chi connectivity index (χ1) is 11.0. The molecule has 0 radical (unpaired) electrons. The number of hydrogen-bond donors (Lipinski definition) is 0. The molecular weight excluding hydrogens is 290 g/mol. The molecule has 0 saturated carbocycles. The largest absolute Gasteiger partial charge is 0.289 e. The van der Waals surface area contributed by atoms with E-state index in [0.29, 0.717) is 11.8 Å². The van der Waals surface area contributed by atoms with E-state index < -0.39 is 0 Å². The second kappa shape index (κ2) is 7.85. The maximum atomic E-state index is 4.87. The molecule has 1 unspecified atom stereocenters. The van der Waals surface area contributed by atoms with Gasteiger partial charge in [-0.1, -0.05) is 75.3 Å². The fourth-order valence-corrected chi connectivity index (χ4v) is 2.92. The van der Waals surface area contributed by atoms with Crippen LogP contribution in [0, 0.1) is 11.8 Å². The maximum absolute atomic E-state index is 4.87. The third kappa shape index (κ3) is 5.19. The lowest BCUT2D eigenvalue weighted by molar-refractivity contribution is 0.426. The second-order valence-electron chi connectivity index (χ2n) is 9.29. The van der Waals surface area contributed by atoms with Crippen LogP contribution < -0.4 is 0 Å². The van der Waals surface area contributed by atoms with Crippen molar-refractivity contribution < 1.29 is 0 Å². The highest BCUT2D eigenvalue weighted by molar-refractivity contribution is 6.02. The smallest absolute Gasteiger partial charge is 0.0427 e. The predicted octanol–water partition coefficient (Wildman–Crippen LogP) is 6.77. The summed E-state index contributed by atoms with van der Waals surface area (Å²) < 4.78 is 0. The van der Waals surface area contributed by atoms with Crippen molar-refractivity contribution in [1.82, 2.24) is 0 Å². The Kier molecular flexibility index (Phi) is 6.84. The van der Waals surface area contributed by atoms with E-state index in [1.54, 1.807) is 0 Å². The first kappa shape index (κ1) is 20.9. The van der Waals surface area contributed by atoms with Gasteiger partial charge >= 0.3 is 0 Å². The van der Waals surface area contributed by atoms with Crippen LogP contribution in [0.4, 0.5) is 0 Å². The molecule has 1 aliphatic heterocycles.